The first-order valence-electron chi connectivity index (χ1n) is 8.31. The Morgan fingerprint density at radius 3 is 2.73 bits per heavy atom. The van der Waals surface area contributed by atoms with Crippen molar-refractivity contribution >= 4 is 16.8 Å². The zero-order valence-electron chi connectivity index (χ0n) is 13.0. The quantitative estimate of drug-likeness (QED) is 0.895. The van der Waals surface area contributed by atoms with Crippen molar-refractivity contribution in [3.8, 4) is 0 Å². The molecule has 2 fully saturated rings. The first-order valence-corrected chi connectivity index (χ1v) is 8.31. The standard InChI is InChI=1S/C18H23N3O/c1-21-11-16(15-7-2-3-8-17(15)21)18(22)20-14-9-12-5-4-6-13(10-14)19-12/h2-3,7-8,11-14,19H,4-6,9-10H2,1H3,(H,20,22)/t12-,13+,14?. The fourth-order valence-electron chi connectivity index (χ4n) is 4.17. The van der Waals surface area contributed by atoms with Gasteiger partial charge in [0.15, 0.2) is 0 Å². The number of amides is 1. The number of hydrogen-bond acceptors (Lipinski definition) is 2. The van der Waals surface area contributed by atoms with Gasteiger partial charge in [-0.3, -0.25) is 4.79 Å². The molecule has 116 valence electrons. The Labute approximate surface area is 130 Å². The fraction of sp³-hybridized carbons (Fsp3) is 0.500. The lowest BCUT2D eigenvalue weighted by Crippen LogP contribution is -2.54. The number of fused-ring (bicyclic) bond motifs is 3. The molecule has 3 atom stereocenters. The Morgan fingerprint density at radius 1 is 1.23 bits per heavy atom. The highest BCUT2D eigenvalue weighted by atomic mass is 16.1. The molecule has 1 aromatic heterocycles. The maximum atomic E-state index is 12.7. The van der Waals surface area contributed by atoms with Gasteiger partial charge in [-0.05, 0) is 31.7 Å². The number of nitrogens with zero attached hydrogens (tertiary/aromatic N) is 1. The Kier molecular flexibility index (Phi) is 3.41. The third-order valence-electron chi connectivity index (χ3n) is 5.19. The Bertz CT molecular complexity index is 693. The van der Waals surface area contributed by atoms with Gasteiger partial charge >= 0.3 is 0 Å². The molecule has 4 rings (SSSR count). The van der Waals surface area contributed by atoms with E-state index in [1.165, 1.54) is 19.3 Å². The van der Waals surface area contributed by atoms with E-state index in [0.29, 0.717) is 18.1 Å². The number of para-hydroxylation sites is 1. The Hall–Kier alpha value is -1.81. The van der Waals surface area contributed by atoms with Gasteiger partial charge < -0.3 is 15.2 Å². The number of carbonyl (C=O) groups excluding carboxylic acids is 1. The summed E-state index contributed by atoms with van der Waals surface area (Å²) in [6.45, 7) is 0. The molecule has 22 heavy (non-hydrogen) atoms. The summed E-state index contributed by atoms with van der Waals surface area (Å²) in [6, 6.07) is 9.58. The molecule has 0 saturated carbocycles. The summed E-state index contributed by atoms with van der Waals surface area (Å²) in [4.78, 5) is 12.7. The van der Waals surface area contributed by atoms with E-state index in [9.17, 15) is 4.79 Å². The van der Waals surface area contributed by atoms with Gasteiger partial charge in [-0.1, -0.05) is 24.6 Å². The fourth-order valence-corrected chi connectivity index (χ4v) is 4.17. The maximum absolute atomic E-state index is 12.7. The lowest BCUT2D eigenvalue weighted by atomic mass is 9.84. The van der Waals surface area contributed by atoms with Crippen LogP contribution in [0.5, 0.6) is 0 Å². The van der Waals surface area contributed by atoms with Crippen molar-refractivity contribution in [2.24, 2.45) is 7.05 Å². The second-order valence-corrected chi connectivity index (χ2v) is 6.80. The number of rotatable bonds is 2. The molecule has 2 saturated heterocycles. The van der Waals surface area contributed by atoms with Crippen molar-refractivity contribution < 1.29 is 4.79 Å². The van der Waals surface area contributed by atoms with E-state index in [1.54, 1.807) is 0 Å². The van der Waals surface area contributed by atoms with Crippen molar-refractivity contribution in [1.29, 1.82) is 0 Å². The van der Waals surface area contributed by atoms with Crippen LogP contribution >= 0.6 is 0 Å². The van der Waals surface area contributed by atoms with Gasteiger partial charge in [-0.2, -0.15) is 0 Å². The van der Waals surface area contributed by atoms with Crippen LogP contribution in [0.25, 0.3) is 10.9 Å². The van der Waals surface area contributed by atoms with Crippen LogP contribution in [-0.4, -0.2) is 28.6 Å². The maximum Gasteiger partial charge on any atom is 0.253 e. The lowest BCUT2D eigenvalue weighted by Gasteiger charge is -2.40. The highest BCUT2D eigenvalue weighted by Gasteiger charge is 2.32. The number of benzene rings is 1. The third kappa shape index (κ3) is 2.41. The van der Waals surface area contributed by atoms with Gasteiger partial charge in [-0.15, -0.1) is 0 Å². The summed E-state index contributed by atoms with van der Waals surface area (Å²) in [7, 11) is 1.99. The second kappa shape index (κ2) is 5.43. The molecule has 2 bridgehead atoms. The topological polar surface area (TPSA) is 46.1 Å². The number of hydrogen-bond donors (Lipinski definition) is 2. The average Bonchev–Trinajstić information content (AvgIpc) is 2.85. The molecule has 0 spiro atoms. The van der Waals surface area contributed by atoms with E-state index in [-0.39, 0.29) is 5.91 Å². The monoisotopic (exact) mass is 297 g/mol. The molecule has 1 unspecified atom stereocenters. The lowest BCUT2D eigenvalue weighted by molar-refractivity contribution is 0.0908. The smallest absolute Gasteiger partial charge is 0.253 e. The van der Waals surface area contributed by atoms with E-state index in [4.69, 9.17) is 0 Å². The molecule has 2 aromatic rings. The molecule has 2 aliphatic heterocycles. The zero-order chi connectivity index (χ0) is 15.1. The predicted octanol–water partition coefficient (Wildman–Crippen LogP) is 2.58. The molecule has 3 heterocycles. The van der Waals surface area contributed by atoms with Crippen molar-refractivity contribution in [2.45, 2.75) is 50.2 Å². The van der Waals surface area contributed by atoms with Crippen LogP contribution < -0.4 is 10.6 Å². The summed E-state index contributed by atoms with van der Waals surface area (Å²) in [5.74, 6) is 0.0711. The van der Waals surface area contributed by atoms with Crippen LogP contribution in [0.2, 0.25) is 0 Å². The van der Waals surface area contributed by atoms with Gasteiger partial charge in [0.05, 0.1) is 5.56 Å². The van der Waals surface area contributed by atoms with Gasteiger partial charge in [0.2, 0.25) is 0 Å². The van der Waals surface area contributed by atoms with E-state index < -0.39 is 0 Å². The second-order valence-electron chi connectivity index (χ2n) is 6.80. The summed E-state index contributed by atoms with van der Waals surface area (Å²) in [5, 5.41) is 7.99. The van der Waals surface area contributed by atoms with Crippen molar-refractivity contribution in [2.75, 3.05) is 0 Å². The van der Waals surface area contributed by atoms with Crippen molar-refractivity contribution in [3.63, 3.8) is 0 Å². The first kappa shape index (κ1) is 13.8. The minimum absolute atomic E-state index is 0.0711. The first-order chi connectivity index (χ1) is 10.7. The molecule has 4 heteroatoms. The van der Waals surface area contributed by atoms with E-state index in [0.717, 1.165) is 29.3 Å². The summed E-state index contributed by atoms with van der Waals surface area (Å²) in [5.41, 5.74) is 1.90. The molecule has 0 radical (unpaired) electrons. The zero-order valence-corrected chi connectivity index (χ0v) is 13.0. The molecule has 1 aromatic carbocycles. The third-order valence-corrected chi connectivity index (χ3v) is 5.19. The van der Waals surface area contributed by atoms with Gasteiger partial charge in [0.1, 0.15) is 0 Å². The number of piperidine rings is 2. The summed E-state index contributed by atoms with van der Waals surface area (Å²) >= 11 is 0. The molecular formula is C18H23N3O. The molecular weight excluding hydrogens is 274 g/mol. The normalized spacial score (nSPS) is 27.8. The van der Waals surface area contributed by atoms with Crippen LogP contribution in [0.1, 0.15) is 42.5 Å². The Balaban J connectivity index is 1.54. The number of aromatic nitrogens is 1. The van der Waals surface area contributed by atoms with E-state index >= 15 is 0 Å². The van der Waals surface area contributed by atoms with Gasteiger partial charge in [0.25, 0.3) is 5.91 Å². The van der Waals surface area contributed by atoms with E-state index in [2.05, 4.69) is 16.7 Å². The van der Waals surface area contributed by atoms with Crippen molar-refractivity contribution in [3.05, 3.63) is 36.0 Å². The highest BCUT2D eigenvalue weighted by Crippen LogP contribution is 2.26. The predicted molar refractivity (Wildman–Crippen MR) is 88.0 cm³/mol. The van der Waals surface area contributed by atoms with Crippen LogP contribution in [0.15, 0.2) is 30.5 Å². The molecule has 2 aliphatic rings. The van der Waals surface area contributed by atoms with Crippen LogP contribution in [-0.2, 0) is 7.05 Å². The Morgan fingerprint density at radius 2 is 1.95 bits per heavy atom. The minimum Gasteiger partial charge on any atom is -0.350 e. The number of aryl methyl sites for hydroxylation is 1. The van der Waals surface area contributed by atoms with Crippen LogP contribution in [0, 0.1) is 0 Å². The van der Waals surface area contributed by atoms with Crippen LogP contribution in [0.3, 0.4) is 0 Å². The summed E-state index contributed by atoms with van der Waals surface area (Å²) < 4.78 is 2.03. The van der Waals surface area contributed by atoms with Gasteiger partial charge in [-0.25, -0.2) is 0 Å². The van der Waals surface area contributed by atoms with Crippen LogP contribution in [0.4, 0.5) is 0 Å². The largest absolute Gasteiger partial charge is 0.350 e. The average molecular weight is 297 g/mol. The highest BCUT2D eigenvalue weighted by molar-refractivity contribution is 6.07. The molecule has 2 N–H and O–H groups in total. The SMILES string of the molecule is Cn1cc(C(=O)NC2C[C@H]3CCC[C@@H](C2)N3)c2ccccc21. The number of nitrogens with one attached hydrogen (secondary N) is 2. The van der Waals surface area contributed by atoms with Gasteiger partial charge in [0, 0.05) is 42.3 Å². The minimum atomic E-state index is 0.0711. The summed E-state index contributed by atoms with van der Waals surface area (Å²) in [6.07, 6.45) is 7.89. The molecule has 1 amide bonds. The number of carbonyl (C=O) groups is 1. The molecule has 4 nitrogen and oxygen atoms in total. The molecule has 0 aliphatic carbocycles. The van der Waals surface area contributed by atoms with Crippen molar-refractivity contribution in [1.82, 2.24) is 15.2 Å². The van der Waals surface area contributed by atoms with E-state index in [1.807, 2.05) is 36.0 Å².